The highest BCUT2D eigenvalue weighted by Gasteiger charge is 2.45. The molecule has 1 fully saturated rings. The maximum atomic E-state index is 12.9. The molecule has 0 aliphatic carbocycles. The molecule has 29 heavy (non-hydrogen) atoms. The van der Waals surface area contributed by atoms with E-state index in [9.17, 15) is 14.7 Å². The minimum Gasteiger partial charge on any atom is -0.507 e. The number of unbranched alkanes of at least 4 members (excludes halogenated alkanes) is 2. The molecule has 0 spiro atoms. The van der Waals surface area contributed by atoms with Gasteiger partial charge in [-0.05, 0) is 37.1 Å². The van der Waals surface area contributed by atoms with Gasteiger partial charge >= 0.3 is 0 Å². The average molecular weight is 432 g/mol. The fourth-order valence-corrected chi connectivity index (χ4v) is 3.93. The fourth-order valence-electron chi connectivity index (χ4n) is 3.63. The monoisotopic (exact) mass is 431 g/mol. The molecule has 2 aromatic rings. The number of hydrogen-bond acceptors (Lipinski definition) is 3. The van der Waals surface area contributed by atoms with E-state index in [0.29, 0.717) is 17.1 Å². The van der Waals surface area contributed by atoms with Crippen molar-refractivity contribution in [3.8, 4) is 0 Å². The first-order valence-electron chi connectivity index (χ1n) is 9.65. The van der Waals surface area contributed by atoms with Gasteiger partial charge in [0.2, 0.25) is 0 Å². The second-order valence-electron chi connectivity index (χ2n) is 7.24. The van der Waals surface area contributed by atoms with E-state index in [1.807, 2.05) is 31.2 Å². The third-order valence-electron chi connectivity index (χ3n) is 5.09. The fraction of sp³-hybridized carbons (Fsp3) is 0.304. The minimum absolute atomic E-state index is 0.0792. The average Bonchev–Trinajstić information content (AvgIpc) is 2.94. The van der Waals surface area contributed by atoms with Gasteiger partial charge in [-0.25, -0.2) is 0 Å². The number of carbonyl (C=O) groups excluding carboxylic acids is 2. The second-order valence-corrected chi connectivity index (χ2v) is 8.06. The van der Waals surface area contributed by atoms with Gasteiger partial charge in [0.1, 0.15) is 5.76 Å². The van der Waals surface area contributed by atoms with Gasteiger partial charge in [0.25, 0.3) is 11.7 Å². The summed E-state index contributed by atoms with van der Waals surface area (Å²) in [6.07, 6.45) is 2.75. The van der Waals surface area contributed by atoms with Gasteiger partial charge in [0, 0.05) is 12.1 Å². The molecule has 1 atom stereocenters. The van der Waals surface area contributed by atoms with Crippen LogP contribution < -0.4 is 0 Å². The molecule has 1 amide bonds. The van der Waals surface area contributed by atoms with E-state index in [4.69, 9.17) is 23.2 Å². The molecule has 1 N–H and O–H groups in total. The molecule has 1 aliphatic heterocycles. The van der Waals surface area contributed by atoms with Crippen LogP contribution in [0.25, 0.3) is 5.76 Å². The highest BCUT2D eigenvalue weighted by Crippen LogP contribution is 2.40. The quantitative estimate of drug-likeness (QED) is 0.267. The number of amides is 1. The summed E-state index contributed by atoms with van der Waals surface area (Å²) in [6.45, 7) is 4.48. The molecule has 2 aromatic carbocycles. The smallest absolute Gasteiger partial charge is 0.295 e. The highest BCUT2D eigenvalue weighted by molar-refractivity contribution is 6.46. The van der Waals surface area contributed by atoms with E-state index in [0.717, 1.165) is 30.4 Å². The van der Waals surface area contributed by atoms with Gasteiger partial charge in [-0.2, -0.15) is 0 Å². The number of carbonyl (C=O) groups is 2. The Labute approximate surface area is 180 Å². The number of benzene rings is 2. The predicted molar refractivity (Wildman–Crippen MR) is 116 cm³/mol. The Hall–Kier alpha value is -2.30. The lowest BCUT2D eigenvalue weighted by Gasteiger charge is -2.25. The zero-order chi connectivity index (χ0) is 21.1. The molecule has 4 nitrogen and oxygen atoms in total. The van der Waals surface area contributed by atoms with Crippen molar-refractivity contribution in [2.45, 2.75) is 39.2 Å². The SMILES string of the molecule is CCCCCN1C(=O)C(=O)/C(=C(\O)c2ccc(Cl)c(Cl)c2)C1c1cccc(C)c1. The number of aryl methyl sites for hydroxylation is 1. The lowest BCUT2D eigenvalue weighted by Crippen LogP contribution is -2.30. The normalized spacial score (nSPS) is 18.5. The standard InChI is InChI=1S/C23H23Cl2NO3/c1-3-4-5-11-26-20(15-8-6-7-14(2)12-15)19(22(28)23(26)29)21(27)16-9-10-17(24)18(25)13-16/h6-10,12-13,20,27H,3-5,11H2,1-2H3/b21-19-. The Kier molecular flexibility index (Phi) is 6.66. The van der Waals surface area contributed by atoms with Crippen LogP contribution in [0.5, 0.6) is 0 Å². The molecule has 0 saturated carbocycles. The van der Waals surface area contributed by atoms with Crippen molar-refractivity contribution in [2.75, 3.05) is 6.54 Å². The number of hydrogen-bond donors (Lipinski definition) is 1. The molecule has 152 valence electrons. The molecule has 0 radical (unpaired) electrons. The van der Waals surface area contributed by atoms with Crippen LogP contribution in [0.4, 0.5) is 0 Å². The Morgan fingerprint density at radius 1 is 1.07 bits per heavy atom. The summed E-state index contributed by atoms with van der Waals surface area (Å²) in [5, 5.41) is 11.6. The molecule has 0 bridgehead atoms. The molecule has 1 heterocycles. The lowest BCUT2D eigenvalue weighted by atomic mass is 9.94. The number of halogens is 2. The Bertz CT molecular complexity index is 984. The molecule has 1 aliphatic rings. The second kappa shape index (κ2) is 9.02. The van der Waals surface area contributed by atoms with Gasteiger partial charge in [-0.3, -0.25) is 9.59 Å². The van der Waals surface area contributed by atoms with E-state index in [-0.39, 0.29) is 16.4 Å². The Morgan fingerprint density at radius 3 is 2.48 bits per heavy atom. The van der Waals surface area contributed by atoms with Crippen LogP contribution in [0.15, 0.2) is 48.0 Å². The van der Waals surface area contributed by atoms with Gasteiger partial charge in [-0.15, -0.1) is 0 Å². The van der Waals surface area contributed by atoms with E-state index in [1.165, 1.54) is 6.07 Å². The van der Waals surface area contributed by atoms with E-state index in [1.54, 1.807) is 17.0 Å². The summed E-state index contributed by atoms with van der Waals surface area (Å²) < 4.78 is 0. The Morgan fingerprint density at radius 2 is 1.83 bits per heavy atom. The van der Waals surface area contributed by atoms with Gasteiger partial charge in [-0.1, -0.05) is 72.8 Å². The summed E-state index contributed by atoms with van der Waals surface area (Å²) in [5.41, 5.74) is 2.23. The third kappa shape index (κ3) is 4.34. The maximum absolute atomic E-state index is 12.9. The summed E-state index contributed by atoms with van der Waals surface area (Å²) in [4.78, 5) is 27.3. The molecular weight excluding hydrogens is 409 g/mol. The molecule has 3 rings (SSSR count). The van der Waals surface area contributed by atoms with Crippen LogP contribution in [0.2, 0.25) is 10.0 Å². The molecule has 1 unspecified atom stereocenters. The minimum atomic E-state index is -0.684. The number of nitrogens with zero attached hydrogens (tertiary/aromatic N) is 1. The van der Waals surface area contributed by atoms with Crippen LogP contribution in [0.3, 0.4) is 0 Å². The number of rotatable bonds is 6. The summed E-state index contributed by atoms with van der Waals surface area (Å²) in [5.74, 6) is -1.52. The molecule has 0 aromatic heterocycles. The number of likely N-dealkylation sites (tertiary alicyclic amines) is 1. The van der Waals surface area contributed by atoms with E-state index in [2.05, 4.69) is 6.92 Å². The van der Waals surface area contributed by atoms with Gasteiger partial charge in [0.05, 0.1) is 21.7 Å². The maximum Gasteiger partial charge on any atom is 0.295 e. The van der Waals surface area contributed by atoms with Crippen LogP contribution in [0.1, 0.15) is 48.9 Å². The topological polar surface area (TPSA) is 57.6 Å². The van der Waals surface area contributed by atoms with Crippen LogP contribution in [0, 0.1) is 6.92 Å². The first-order valence-corrected chi connectivity index (χ1v) is 10.4. The number of ketones is 1. The lowest BCUT2D eigenvalue weighted by molar-refractivity contribution is -0.139. The van der Waals surface area contributed by atoms with Crippen molar-refractivity contribution < 1.29 is 14.7 Å². The third-order valence-corrected chi connectivity index (χ3v) is 5.83. The van der Waals surface area contributed by atoms with Crippen LogP contribution >= 0.6 is 23.2 Å². The van der Waals surface area contributed by atoms with Crippen LogP contribution in [-0.4, -0.2) is 28.2 Å². The largest absolute Gasteiger partial charge is 0.507 e. The number of aliphatic hydroxyl groups excluding tert-OH is 1. The van der Waals surface area contributed by atoms with Crippen molar-refractivity contribution >= 4 is 40.7 Å². The first-order chi connectivity index (χ1) is 13.8. The van der Waals surface area contributed by atoms with E-state index >= 15 is 0 Å². The number of Topliss-reactive ketones (excluding diaryl/α,β-unsaturated/α-hetero) is 1. The Balaban J connectivity index is 2.14. The summed E-state index contributed by atoms with van der Waals surface area (Å²) >= 11 is 12.1. The summed E-state index contributed by atoms with van der Waals surface area (Å²) in [6, 6.07) is 11.6. The first kappa shape index (κ1) is 21.4. The van der Waals surface area contributed by atoms with Crippen molar-refractivity contribution in [1.29, 1.82) is 0 Å². The van der Waals surface area contributed by atoms with Crippen molar-refractivity contribution in [1.82, 2.24) is 4.90 Å². The molecular formula is C23H23Cl2NO3. The zero-order valence-corrected chi connectivity index (χ0v) is 17.9. The van der Waals surface area contributed by atoms with Crippen molar-refractivity contribution in [3.05, 3.63) is 74.8 Å². The molecule has 1 saturated heterocycles. The van der Waals surface area contributed by atoms with Crippen molar-refractivity contribution in [3.63, 3.8) is 0 Å². The predicted octanol–water partition coefficient (Wildman–Crippen LogP) is 5.91. The van der Waals surface area contributed by atoms with Gasteiger partial charge < -0.3 is 10.0 Å². The van der Waals surface area contributed by atoms with Gasteiger partial charge in [0.15, 0.2) is 0 Å². The van der Waals surface area contributed by atoms with E-state index < -0.39 is 17.7 Å². The molecule has 6 heteroatoms. The van der Waals surface area contributed by atoms with Crippen molar-refractivity contribution in [2.24, 2.45) is 0 Å². The highest BCUT2D eigenvalue weighted by atomic mass is 35.5. The number of aliphatic hydroxyl groups is 1. The summed E-state index contributed by atoms with van der Waals surface area (Å²) in [7, 11) is 0. The zero-order valence-electron chi connectivity index (χ0n) is 16.4. The van der Waals surface area contributed by atoms with Crippen LogP contribution in [-0.2, 0) is 9.59 Å².